The van der Waals surface area contributed by atoms with Gasteiger partial charge in [-0.3, -0.25) is 4.79 Å². The van der Waals surface area contributed by atoms with Gasteiger partial charge >= 0.3 is 12.1 Å². The van der Waals surface area contributed by atoms with Crippen LogP contribution in [0.5, 0.6) is 0 Å². The quantitative estimate of drug-likeness (QED) is 0.628. The van der Waals surface area contributed by atoms with Gasteiger partial charge in [0.1, 0.15) is 17.9 Å². The normalized spacial score (nSPS) is 11.5. The van der Waals surface area contributed by atoms with E-state index in [2.05, 4.69) is 15.3 Å². The van der Waals surface area contributed by atoms with Crippen LogP contribution < -0.4 is 5.32 Å². The van der Waals surface area contributed by atoms with Crippen molar-refractivity contribution < 1.29 is 32.2 Å². The molecule has 0 aliphatic heterocycles. The molecule has 1 aromatic heterocycles. The molecule has 0 radical (unpaired) electrons. The van der Waals surface area contributed by atoms with Gasteiger partial charge in [-0.15, -0.1) is 0 Å². The number of H-pyrrole nitrogens is 1. The minimum atomic E-state index is -4.69. The largest absolute Gasteiger partial charge is 0.465 e. The molecule has 152 valence electrons. The number of carbonyl (C=O) groups excluding carboxylic acids is 2. The summed E-state index contributed by atoms with van der Waals surface area (Å²) in [5.41, 5.74) is -0.771. The predicted molar refractivity (Wildman–Crippen MR) is 97.5 cm³/mol. The van der Waals surface area contributed by atoms with Crippen LogP contribution in [-0.4, -0.2) is 36.1 Å². The zero-order valence-electron chi connectivity index (χ0n) is 15.4. The Balaban J connectivity index is 2.02. The number of ether oxygens (including phenoxy) is 2. The molecule has 0 bridgehead atoms. The van der Waals surface area contributed by atoms with Crippen LogP contribution in [0.1, 0.15) is 32.1 Å². The molecule has 1 amide bonds. The standard InChI is InChI=1S/C19H16F3N3O4/c1-28-9-15-24-14-8-10(7-12(16(14)25-15)18(27)29-2)23-17(26)11-5-3-4-6-13(11)19(20,21)22/h3-8H,9H2,1-2H3,(H,23,26)(H,24,25). The van der Waals surface area contributed by atoms with E-state index in [1.54, 1.807) is 0 Å². The third-order valence-corrected chi connectivity index (χ3v) is 4.06. The number of halogens is 3. The molecule has 29 heavy (non-hydrogen) atoms. The third-order valence-electron chi connectivity index (χ3n) is 4.06. The van der Waals surface area contributed by atoms with Gasteiger partial charge < -0.3 is 19.8 Å². The first-order chi connectivity index (χ1) is 13.7. The molecule has 3 aromatic rings. The molecule has 0 aliphatic rings. The molecular formula is C19H16F3N3O4. The van der Waals surface area contributed by atoms with Gasteiger partial charge in [0, 0.05) is 12.8 Å². The highest BCUT2D eigenvalue weighted by atomic mass is 19.4. The van der Waals surface area contributed by atoms with Gasteiger partial charge in [0.15, 0.2) is 0 Å². The second-order valence-electron chi connectivity index (χ2n) is 6.03. The average molecular weight is 407 g/mol. The Bertz CT molecular complexity index is 1080. The number of nitrogens with zero attached hydrogens (tertiary/aromatic N) is 1. The number of fused-ring (bicyclic) bond motifs is 1. The lowest BCUT2D eigenvalue weighted by molar-refractivity contribution is -0.137. The highest BCUT2D eigenvalue weighted by molar-refractivity contribution is 6.09. The average Bonchev–Trinajstić information content (AvgIpc) is 3.08. The van der Waals surface area contributed by atoms with Crippen LogP contribution in [0.4, 0.5) is 18.9 Å². The zero-order chi connectivity index (χ0) is 21.2. The summed E-state index contributed by atoms with van der Waals surface area (Å²) in [5, 5.41) is 2.40. The molecule has 2 aromatic carbocycles. The smallest absolute Gasteiger partial charge is 0.417 e. The number of rotatable bonds is 5. The molecule has 0 spiro atoms. The zero-order valence-corrected chi connectivity index (χ0v) is 15.4. The fraction of sp³-hybridized carbons (Fsp3) is 0.211. The lowest BCUT2D eigenvalue weighted by Crippen LogP contribution is -2.19. The predicted octanol–water partition coefficient (Wildman–Crippen LogP) is 3.77. The second-order valence-corrected chi connectivity index (χ2v) is 6.03. The number of hydrogen-bond donors (Lipinski definition) is 2. The van der Waals surface area contributed by atoms with E-state index in [4.69, 9.17) is 9.47 Å². The van der Waals surface area contributed by atoms with Crippen LogP contribution in [-0.2, 0) is 22.3 Å². The number of amides is 1. The number of benzene rings is 2. The fourth-order valence-corrected chi connectivity index (χ4v) is 2.84. The van der Waals surface area contributed by atoms with E-state index in [9.17, 15) is 22.8 Å². The van der Waals surface area contributed by atoms with Gasteiger partial charge in [0.2, 0.25) is 0 Å². The Hall–Kier alpha value is -3.40. The van der Waals surface area contributed by atoms with Crippen LogP contribution in [0, 0.1) is 0 Å². The van der Waals surface area contributed by atoms with Crippen molar-refractivity contribution in [3.8, 4) is 0 Å². The van der Waals surface area contributed by atoms with E-state index in [0.717, 1.165) is 12.1 Å². The summed E-state index contributed by atoms with van der Waals surface area (Å²) in [4.78, 5) is 31.8. The number of esters is 1. The topological polar surface area (TPSA) is 93.3 Å². The summed E-state index contributed by atoms with van der Waals surface area (Å²) in [5.74, 6) is -1.25. The van der Waals surface area contributed by atoms with Gasteiger partial charge in [-0.05, 0) is 24.3 Å². The highest BCUT2D eigenvalue weighted by Gasteiger charge is 2.35. The van der Waals surface area contributed by atoms with Crippen LogP contribution in [0.3, 0.4) is 0 Å². The van der Waals surface area contributed by atoms with Crippen molar-refractivity contribution in [2.24, 2.45) is 0 Å². The van der Waals surface area contributed by atoms with E-state index in [1.165, 1.54) is 38.5 Å². The van der Waals surface area contributed by atoms with Crippen molar-refractivity contribution in [3.63, 3.8) is 0 Å². The Morgan fingerprint density at radius 3 is 2.52 bits per heavy atom. The summed E-state index contributed by atoms with van der Waals surface area (Å²) in [7, 11) is 2.65. The molecule has 0 fully saturated rings. The Morgan fingerprint density at radius 1 is 1.14 bits per heavy atom. The summed E-state index contributed by atoms with van der Waals surface area (Å²) >= 11 is 0. The molecule has 1 heterocycles. The van der Waals surface area contributed by atoms with Gasteiger partial charge in [0.25, 0.3) is 5.91 Å². The van der Waals surface area contributed by atoms with Crippen molar-refractivity contribution in [2.75, 3.05) is 19.5 Å². The minimum Gasteiger partial charge on any atom is -0.465 e. The minimum absolute atomic E-state index is 0.0445. The van der Waals surface area contributed by atoms with Gasteiger partial charge in [-0.2, -0.15) is 13.2 Å². The highest BCUT2D eigenvalue weighted by Crippen LogP contribution is 2.32. The van der Waals surface area contributed by atoms with Gasteiger partial charge in [0.05, 0.1) is 29.3 Å². The first-order valence-electron chi connectivity index (χ1n) is 8.32. The van der Waals surface area contributed by atoms with Crippen molar-refractivity contribution in [1.29, 1.82) is 0 Å². The lowest BCUT2D eigenvalue weighted by Gasteiger charge is -2.13. The molecule has 0 unspecified atom stereocenters. The molecule has 3 rings (SSSR count). The summed E-state index contributed by atoms with van der Waals surface area (Å²) in [6.07, 6.45) is -4.69. The Kier molecular flexibility index (Phi) is 5.55. The van der Waals surface area contributed by atoms with Crippen LogP contribution in [0.2, 0.25) is 0 Å². The van der Waals surface area contributed by atoms with Gasteiger partial charge in [-0.25, -0.2) is 9.78 Å². The van der Waals surface area contributed by atoms with Crippen molar-refractivity contribution >= 4 is 28.6 Å². The number of imidazole rings is 1. The number of aromatic nitrogens is 2. The number of methoxy groups -OCH3 is 2. The van der Waals surface area contributed by atoms with Crippen molar-refractivity contribution in [3.05, 3.63) is 58.9 Å². The van der Waals surface area contributed by atoms with Crippen LogP contribution >= 0.6 is 0 Å². The maximum atomic E-state index is 13.2. The molecule has 0 aliphatic carbocycles. The number of nitrogens with one attached hydrogen (secondary N) is 2. The maximum Gasteiger partial charge on any atom is 0.417 e. The molecule has 0 saturated heterocycles. The molecule has 0 saturated carbocycles. The first-order valence-corrected chi connectivity index (χ1v) is 8.32. The summed E-state index contributed by atoms with van der Waals surface area (Å²) < 4.78 is 49.3. The van der Waals surface area contributed by atoms with Gasteiger partial charge in [-0.1, -0.05) is 12.1 Å². The maximum absolute atomic E-state index is 13.2. The lowest BCUT2D eigenvalue weighted by atomic mass is 10.1. The molecule has 10 heteroatoms. The number of aromatic amines is 1. The van der Waals surface area contributed by atoms with Crippen LogP contribution in [0.25, 0.3) is 11.0 Å². The second kappa shape index (κ2) is 7.92. The molecule has 0 atom stereocenters. The number of carbonyl (C=O) groups is 2. The third kappa shape index (κ3) is 4.21. The fourth-order valence-electron chi connectivity index (χ4n) is 2.84. The molecule has 2 N–H and O–H groups in total. The number of hydrogen-bond acceptors (Lipinski definition) is 5. The van der Waals surface area contributed by atoms with Crippen molar-refractivity contribution in [1.82, 2.24) is 9.97 Å². The summed E-state index contributed by atoms with van der Waals surface area (Å²) in [6, 6.07) is 7.18. The van der Waals surface area contributed by atoms with E-state index in [0.29, 0.717) is 11.3 Å². The molecular weight excluding hydrogens is 391 g/mol. The Morgan fingerprint density at radius 2 is 1.86 bits per heavy atom. The first kappa shape index (κ1) is 20.3. The van der Waals surface area contributed by atoms with E-state index < -0.39 is 29.2 Å². The SMILES string of the molecule is COCc1nc2c(C(=O)OC)cc(NC(=O)c3ccccc3C(F)(F)F)cc2[nH]1. The number of alkyl halides is 3. The monoisotopic (exact) mass is 407 g/mol. The van der Waals surface area contributed by atoms with Crippen molar-refractivity contribution in [2.45, 2.75) is 12.8 Å². The Labute approximate surface area is 162 Å². The van der Waals surface area contributed by atoms with Crippen LogP contribution in [0.15, 0.2) is 36.4 Å². The number of anilines is 1. The van der Waals surface area contributed by atoms with E-state index in [-0.39, 0.29) is 23.4 Å². The molecule has 7 nitrogen and oxygen atoms in total. The summed E-state index contributed by atoms with van der Waals surface area (Å²) in [6.45, 7) is 0.149. The van der Waals surface area contributed by atoms with E-state index in [1.807, 2.05) is 0 Å². The van der Waals surface area contributed by atoms with E-state index >= 15 is 0 Å².